The summed E-state index contributed by atoms with van der Waals surface area (Å²) < 4.78 is 254. The molecule has 0 aromatic heterocycles. The lowest BCUT2D eigenvalue weighted by Gasteiger charge is -2.39. The van der Waals surface area contributed by atoms with E-state index in [4.69, 9.17) is 18.9 Å². The third kappa shape index (κ3) is 21.3. The van der Waals surface area contributed by atoms with E-state index >= 15 is 0 Å². The van der Waals surface area contributed by atoms with Crippen LogP contribution in [0.15, 0.2) is 146 Å². The van der Waals surface area contributed by atoms with Gasteiger partial charge in [-0.05, 0) is 184 Å². The Morgan fingerprint density at radius 3 is 1.28 bits per heavy atom. The van der Waals surface area contributed by atoms with Crippen molar-refractivity contribution >= 4 is 0 Å². The van der Waals surface area contributed by atoms with Gasteiger partial charge in [0.2, 0.25) is 11.7 Å². The molecule has 8 aliphatic rings. The van der Waals surface area contributed by atoms with Gasteiger partial charge in [-0.1, -0.05) is 179 Å². The van der Waals surface area contributed by atoms with Crippen LogP contribution in [-0.4, -0.2) is 47.8 Å². The van der Waals surface area contributed by atoms with Crippen molar-refractivity contribution in [2.45, 2.75) is 266 Å². The van der Waals surface area contributed by atoms with Gasteiger partial charge in [0.15, 0.2) is 0 Å². The Morgan fingerprint density at radius 2 is 0.699 bits per heavy atom. The van der Waals surface area contributed by atoms with E-state index in [1.54, 1.807) is 64.1 Å². The van der Waals surface area contributed by atoms with Crippen LogP contribution in [0.5, 0.6) is 0 Å². The zero-order valence-electron chi connectivity index (χ0n) is 66.4. The molecule has 8 aliphatic heterocycles. The second-order valence-corrected chi connectivity index (χ2v) is 31.1. The van der Waals surface area contributed by atoms with Gasteiger partial charge in [-0.25, -0.2) is 17.6 Å². The normalized spacial score (nSPS) is 26.7. The molecule has 0 saturated carbocycles. The lowest BCUT2D eigenvalue weighted by Crippen LogP contribution is -2.51. The zero-order valence-corrected chi connectivity index (χ0v) is 66.4. The highest BCUT2D eigenvalue weighted by atomic mass is 19.3. The van der Waals surface area contributed by atoms with Crippen molar-refractivity contribution in [1.82, 2.24) is 0 Å². The number of fused-ring (bicyclic) bond motifs is 8. The first kappa shape index (κ1) is 89.3. The second kappa shape index (κ2) is 34.2. The molecule has 9 unspecified atom stereocenters. The molecule has 9 atom stereocenters. The van der Waals surface area contributed by atoms with Crippen molar-refractivity contribution in [3.63, 3.8) is 0 Å². The number of alkyl halides is 16. The van der Waals surface area contributed by atoms with Crippen molar-refractivity contribution < 1.29 is 108 Å². The molecular formula is C89H98F16O8. The number of ether oxygens (including phenoxy) is 8. The van der Waals surface area contributed by atoms with Crippen LogP contribution in [0.2, 0.25) is 0 Å². The topological polar surface area (TPSA) is 73.8 Å². The van der Waals surface area contributed by atoms with Gasteiger partial charge in [-0.15, -0.1) is 0 Å². The van der Waals surface area contributed by atoms with E-state index in [2.05, 4.69) is 96.0 Å². The summed E-state index contributed by atoms with van der Waals surface area (Å²) in [5.41, 5.74) is 15.0. The molecule has 0 amide bonds. The minimum atomic E-state index is -4.11. The number of hydrogen-bond donors (Lipinski definition) is 0. The summed E-state index contributed by atoms with van der Waals surface area (Å²) in [4.78, 5) is 0. The van der Waals surface area contributed by atoms with Crippen molar-refractivity contribution in [2.24, 2.45) is 0 Å². The Hall–Kier alpha value is -7.68. The minimum absolute atomic E-state index is 0.0237. The molecule has 8 nitrogen and oxygen atoms in total. The van der Waals surface area contributed by atoms with Gasteiger partial charge >= 0.3 is 30.2 Å². The molecule has 0 radical (unpaired) electrons. The first-order chi connectivity index (χ1) is 52.2. The van der Waals surface area contributed by atoms with Crippen molar-refractivity contribution in [2.75, 3.05) is 0 Å². The zero-order chi connectivity index (χ0) is 83.7. The molecule has 24 heteroatoms. The molecule has 0 aliphatic carbocycles. The standard InChI is InChI=1S/C12H16O.C11H9F5O.2C11H11F3O.2C11H12F2O.C11H13FO.C11H14O/c1-8-4-5-12-9(2)10(3)13-7-11(12)6-8;1-6-3-4-7-8(5-6)11(15,16)17-9(2,12)10(7,13)14;1-7-3-4-9-8(5-7)6-15-10(2,12)11(9,13)14;1-7-3-4-8-6-10(2,12)15-11(13,14)9(8)5-7;1-7-3-4-10-9(5-7)6-14-8(2)11(10,12)13;1-7-3-4-9-6-8(2)14-11(12,13)10(9)5-7;1-8-3-4-9-6-11(2,12)13-7-10(9)5-8;1-8-3-4-10-6-9(2)12-7-11(10)5-8/h4-6,9-10H,7H2,1-3H3;3-5H,1-2H3;2*3-5H,6H2,1-2H3;2*3-5,8H,6H2,1-2H3;3-5H,6-7H2,1-2H3;3-5,9H,6-7H2,1-2H3. The van der Waals surface area contributed by atoms with Crippen LogP contribution in [0.4, 0.5) is 70.2 Å². The maximum absolute atomic E-state index is 13.6. The van der Waals surface area contributed by atoms with Gasteiger partial charge in [-0.3, -0.25) is 9.47 Å². The van der Waals surface area contributed by atoms with Crippen LogP contribution < -0.4 is 0 Å². The van der Waals surface area contributed by atoms with Gasteiger partial charge in [0, 0.05) is 49.3 Å². The lowest BCUT2D eigenvalue weighted by atomic mass is 9.89. The Bertz CT molecular complexity index is 4670. The molecule has 8 aromatic carbocycles. The van der Waals surface area contributed by atoms with Gasteiger partial charge in [0.1, 0.15) is 6.10 Å². The molecular weight excluding hydrogens is 1500 g/mol. The average molecular weight is 1600 g/mol. The molecule has 0 spiro atoms. The minimum Gasteiger partial charge on any atom is -0.373 e. The summed E-state index contributed by atoms with van der Waals surface area (Å²) in [6, 6.07) is 41.3. The molecule has 113 heavy (non-hydrogen) atoms. The van der Waals surface area contributed by atoms with Crippen LogP contribution in [0, 0.1) is 55.4 Å². The van der Waals surface area contributed by atoms with Crippen LogP contribution in [0.25, 0.3) is 0 Å². The summed E-state index contributed by atoms with van der Waals surface area (Å²) in [6.45, 7) is 30.2. The summed E-state index contributed by atoms with van der Waals surface area (Å²) in [7, 11) is 0. The monoisotopic (exact) mass is 1600 g/mol. The summed E-state index contributed by atoms with van der Waals surface area (Å²) >= 11 is 0. The molecule has 8 aromatic rings. The molecule has 16 rings (SSSR count). The van der Waals surface area contributed by atoms with Gasteiger partial charge in [-0.2, -0.15) is 52.7 Å². The highest BCUT2D eigenvalue weighted by Gasteiger charge is 2.65. The van der Waals surface area contributed by atoms with Crippen LogP contribution in [0.3, 0.4) is 0 Å². The Kier molecular flexibility index (Phi) is 27.1. The smallest absolute Gasteiger partial charge is 0.373 e. The van der Waals surface area contributed by atoms with Gasteiger partial charge < -0.3 is 28.4 Å². The van der Waals surface area contributed by atoms with Crippen LogP contribution in [-0.2, 0) is 133 Å². The second-order valence-electron chi connectivity index (χ2n) is 31.1. The van der Waals surface area contributed by atoms with Crippen molar-refractivity contribution in [3.8, 4) is 0 Å². The van der Waals surface area contributed by atoms with E-state index in [-0.39, 0.29) is 41.9 Å². The van der Waals surface area contributed by atoms with Crippen molar-refractivity contribution in [3.05, 3.63) is 279 Å². The Morgan fingerprint density at radius 1 is 0.301 bits per heavy atom. The van der Waals surface area contributed by atoms with E-state index < -0.39 is 82.8 Å². The average Bonchev–Trinajstić information content (AvgIpc) is 0.723. The molecule has 8 heterocycles. The fourth-order valence-electron chi connectivity index (χ4n) is 14.1. The Labute approximate surface area is 650 Å². The number of rotatable bonds is 0. The highest BCUT2D eigenvalue weighted by Crippen LogP contribution is 2.55. The fourth-order valence-corrected chi connectivity index (χ4v) is 14.1. The highest BCUT2D eigenvalue weighted by molar-refractivity contribution is 5.43. The fraction of sp³-hybridized carbons (Fsp3) is 0.461. The van der Waals surface area contributed by atoms with E-state index in [0.717, 1.165) is 73.4 Å². The number of hydrogen-bond acceptors (Lipinski definition) is 8. The first-order valence-electron chi connectivity index (χ1n) is 37.2. The third-order valence-electron chi connectivity index (χ3n) is 20.6. The summed E-state index contributed by atoms with van der Waals surface area (Å²) in [5.74, 6) is -20.5. The largest absolute Gasteiger partial charge is 0.386 e. The predicted octanol–water partition coefficient (Wildman–Crippen LogP) is 24.7. The van der Waals surface area contributed by atoms with E-state index in [0.29, 0.717) is 77.9 Å². The third-order valence-corrected chi connectivity index (χ3v) is 20.6. The van der Waals surface area contributed by atoms with E-state index in [1.807, 2.05) is 32.0 Å². The quantitative estimate of drug-likeness (QED) is 0.139. The predicted molar refractivity (Wildman–Crippen MR) is 399 cm³/mol. The number of benzene rings is 8. The summed E-state index contributed by atoms with van der Waals surface area (Å²) in [6.07, 6.45) is -9.58. The maximum atomic E-state index is 13.6. The Balaban J connectivity index is 0.000000148. The SMILES string of the molecule is Cc1ccc2c(c1)C(F)(F)OC(C)(F)C2.Cc1ccc2c(c1)C(F)(F)OC(C)(F)C2(F)F.Cc1ccc2c(c1)C(F)(F)OC(C)C2.Cc1ccc2c(c1)COC(C)(F)C2.Cc1ccc2c(c1)COC(C)(F)C2(F)F.Cc1ccc2c(c1)COC(C)C2.Cc1ccc2c(c1)COC(C)C2(F)F.Cc1ccc2c(c1)COC(C)C2C. The molecule has 0 bridgehead atoms. The first-order valence-corrected chi connectivity index (χ1v) is 37.2. The van der Waals surface area contributed by atoms with E-state index in [9.17, 15) is 70.2 Å². The van der Waals surface area contributed by atoms with Crippen LogP contribution >= 0.6 is 0 Å². The van der Waals surface area contributed by atoms with Crippen LogP contribution in [0.1, 0.15) is 202 Å². The van der Waals surface area contributed by atoms with Gasteiger partial charge in [0.25, 0.3) is 17.6 Å². The molecule has 614 valence electrons. The van der Waals surface area contributed by atoms with Gasteiger partial charge in [0.05, 0.1) is 68.0 Å². The number of aryl methyl sites for hydroxylation is 8. The lowest BCUT2D eigenvalue weighted by molar-refractivity contribution is -0.403. The number of halogens is 16. The maximum Gasteiger partial charge on any atom is 0.386 e. The summed E-state index contributed by atoms with van der Waals surface area (Å²) in [5, 5.41) is 0. The van der Waals surface area contributed by atoms with E-state index in [1.165, 1.54) is 96.1 Å². The van der Waals surface area contributed by atoms with Crippen molar-refractivity contribution in [1.29, 1.82) is 0 Å². The molecule has 0 N–H and O–H groups in total. The molecule has 0 fully saturated rings. The molecule has 0 saturated heterocycles.